The van der Waals surface area contributed by atoms with Crippen LogP contribution in [0.1, 0.15) is 15.9 Å². The van der Waals surface area contributed by atoms with Crippen molar-refractivity contribution >= 4 is 11.6 Å². The van der Waals surface area contributed by atoms with Crippen LogP contribution in [0, 0.1) is 11.8 Å². The number of hydrogen-bond donors (Lipinski definition) is 2. The summed E-state index contributed by atoms with van der Waals surface area (Å²) < 4.78 is 0. The summed E-state index contributed by atoms with van der Waals surface area (Å²) in [5.41, 5.74) is 1.88. The SMILES string of the molecule is O=C(Nc1ccc(C#CCO)cc1)c1ccnnc1. The molecule has 0 fully saturated rings. The van der Waals surface area contributed by atoms with Gasteiger partial charge >= 0.3 is 0 Å². The summed E-state index contributed by atoms with van der Waals surface area (Å²) in [6.07, 6.45) is 2.86. The van der Waals surface area contributed by atoms with Crippen LogP contribution in [0.15, 0.2) is 42.7 Å². The van der Waals surface area contributed by atoms with Crippen molar-refractivity contribution in [1.29, 1.82) is 0 Å². The molecule has 0 saturated heterocycles. The Hall–Kier alpha value is -2.71. The van der Waals surface area contributed by atoms with Crippen LogP contribution in [-0.4, -0.2) is 27.8 Å². The molecule has 0 aliphatic carbocycles. The monoisotopic (exact) mass is 253 g/mol. The van der Waals surface area contributed by atoms with Crippen molar-refractivity contribution in [2.45, 2.75) is 0 Å². The van der Waals surface area contributed by atoms with Gasteiger partial charge in [-0.15, -0.1) is 0 Å². The van der Waals surface area contributed by atoms with E-state index in [-0.39, 0.29) is 12.5 Å². The van der Waals surface area contributed by atoms with Gasteiger partial charge in [0.05, 0.1) is 18.0 Å². The second-order valence-electron chi connectivity index (χ2n) is 3.62. The molecule has 5 nitrogen and oxygen atoms in total. The molecule has 1 aromatic carbocycles. The highest BCUT2D eigenvalue weighted by Gasteiger charge is 2.05. The fraction of sp³-hybridized carbons (Fsp3) is 0.0714. The molecule has 0 aliphatic heterocycles. The number of aliphatic hydroxyl groups excluding tert-OH is 1. The van der Waals surface area contributed by atoms with Crippen LogP contribution in [0.3, 0.4) is 0 Å². The molecule has 0 radical (unpaired) electrons. The summed E-state index contributed by atoms with van der Waals surface area (Å²) >= 11 is 0. The number of carbonyl (C=O) groups excluding carboxylic acids is 1. The van der Waals surface area contributed by atoms with E-state index in [9.17, 15) is 4.79 Å². The molecule has 0 bridgehead atoms. The third-order valence-electron chi connectivity index (χ3n) is 2.30. The third-order valence-corrected chi connectivity index (χ3v) is 2.30. The Balaban J connectivity index is 2.06. The zero-order valence-corrected chi connectivity index (χ0v) is 10.00. The van der Waals surface area contributed by atoms with Crippen LogP contribution in [0.2, 0.25) is 0 Å². The maximum Gasteiger partial charge on any atom is 0.257 e. The molecule has 94 valence electrons. The van der Waals surface area contributed by atoms with Crippen LogP contribution < -0.4 is 5.32 Å². The molecule has 1 amide bonds. The van der Waals surface area contributed by atoms with Gasteiger partial charge in [0.25, 0.3) is 5.91 Å². The van der Waals surface area contributed by atoms with E-state index in [4.69, 9.17) is 5.11 Å². The van der Waals surface area contributed by atoms with Crippen LogP contribution in [-0.2, 0) is 0 Å². The first kappa shape index (κ1) is 12.7. The first-order valence-electron chi connectivity index (χ1n) is 5.57. The van der Waals surface area contributed by atoms with Crippen molar-refractivity contribution in [3.63, 3.8) is 0 Å². The van der Waals surface area contributed by atoms with E-state index >= 15 is 0 Å². The second-order valence-corrected chi connectivity index (χ2v) is 3.62. The quantitative estimate of drug-likeness (QED) is 0.785. The lowest BCUT2D eigenvalue weighted by atomic mass is 10.2. The Bertz CT molecular complexity index is 613. The van der Waals surface area contributed by atoms with Crippen LogP contribution in [0.25, 0.3) is 0 Å². The number of amides is 1. The van der Waals surface area contributed by atoms with Gasteiger partial charge in [-0.2, -0.15) is 10.2 Å². The van der Waals surface area contributed by atoms with Crippen molar-refractivity contribution in [2.24, 2.45) is 0 Å². The highest BCUT2D eigenvalue weighted by molar-refractivity contribution is 6.03. The minimum Gasteiger partial charge on any atom is -0.384 e. The van der Waals surface area contributed by atoms with Gasteiger partial charge < -0.3 is 10.4 Å². The minimum absolute atomic E-state index is 0.173. The maximum atomic E-state index is 11.8. The van der Waals surface area contributed by atoms with E-state index in [1.807, 2.05) is 0 Å². The van der Waals surface area contributed by atoms with Gasteiger partial charge in [-0.05, 0) is 30.3 Å². The van der Waals surface area contributed by atoms with Crippen molar-refractivity contribution in [2.75, 3.05) is 11.9 Å². The van der Waals surface area contributed by atoms with Gasteiger partial charge in [0.15, 0.2) is 0 Å². The van der Waals surface area contributed by atoms with E-state index < -0.39 is 0 Å². The summed E-state index contributed by atoms with van der Waals surface area (Å²) in [5, 5.41) is 18.6. The molecule has 5 heteroatoms. The molecule has 0 saturated carbocycles. The number of aliphatic hydroxyl groups is 1. The van der Waals surface area contributed by atoms with E-state index in [1.54, 1.807) is 30.3 Å². The van der Waals surface area contributed by atoms with Gasteiger partial charge in [-0.25, -0.2) is 0 Å². The fourth-order valence-electron chi connectivity index (χ4n) is 1.41. The van der Waals surface area contributed by atoms with Crippen molar-refractivity contribution in [1.82, 2.24) is 10.2 Å². The number of nitrogens with one attached hydrogen (secondary N) is 1. The molecular weight excluding hydrogens is 242 g/mol. The Morgan fingerprint density at radius 3 is 2.63 bits per heavy atom. The summed E-state index contributed by atoms with van der Waals surface area (Å²) in [7, 11) is 0. The highest BCUT2D eigenvalue weighted by Crippen LogP contribution is 2.10. The molecular formula is C14H11N3O2. The highest BCUT2D eigenvalue weighted by atomic mass is 16.2. The van der Waals surface area contributed by atoms with Gasteiger partial charge in [0.2, 0.25) is 0 Å². The number of rotatable bonds is 2. The molecule has 0 aliphatic rings. The van der Waals surface area contributed by atoms with Crippen LogP contribution in [0.5, 0.6) is 0 Å². The lowest BCUT2D eigenvalue weighted by Crippen LogP contribution is -2.12. The number of hydrogen-bond acceptors (Lipinski definition) is 4. The van der Waals surface area contributed by atoms with Gasteiger partial charge in [0.1, 0.15) is 6.61 Å². The van der Waals surface area contributed by atoms with Crippen LogP contribution >= 0.6 is 0 Å². The van der Waals surface area contributed by atoms with Gasteiger partial charge in [-0.3, -0.25) is 4.79 Å². The smallest absolute Gasteiger partial charge is 0.257 e. The third kappa shape index (κ3) is 3.63. The summed E-state index contributed by atoms with van der Waals surface area (Å²) in [6, 6.07) is 8.61. The number of carbonyl (C=O) groups is 1. The van der Waals surface area contributed by atoms with Gasteiger partial charge in [-0.1, -0.05) is 11.8 Å². The molecule has 1 aromatic heterocycles. The predicted octanol–water partition coefficient (Wildman–Crippen LogP) is 1.07. The molecule has 0 unspecified atom stereocenters. The van der Waals surface area contributed by atoms with Crippen molar-refractivity contribution < 1.29 is 9.90 Å². The summed E-state index contributed by atoms with van der Waals surface area (Å²) in [5.74, 6) is 5.08. The first-order valence-corrected chi connectivity index (χ1v) is 5.57. The topological polar surface area (TPSA) is 75.1 Å². The molecule has 2 N–H and O–H groups in total. The average Bonchev–Trinajstić information content (AvgIpc) is 2.47. The molecule has 1 heterocycles. The predicted molar refractivity (Wildman–Crippen MR) is 70.4 cm³/mol. The molecule has 0 atom stereocenters. The van der Waals surface area contributed by atoms with E-state index in [0.717, 1.165) is 5.56 Å². The second kappa shape index (κ2) is 6.28. The zero-order valence-electron chi connectivity index (χ0n) is 10.00. The lowest BCUT2D eigenvalue weighted by molar-refractivity contribution is 0.102. The minimum atomic E-state index is -0.246. The fourth-order valence-corrected chi connectivity index (χ4v) is 1.41. The lowest BCUT2D eigenvalue weighted by Gasteiger charge is -2.04. The standard InChI is InChI=1S/C14H11N3O2/c18-9-1-2-11-3-5-13(6-4-11)17-14(19)12-7-8-15-16-10-12/h3-8,10,18H,9H2,(H,17,19). The molecule has 2 rings (SSSR count). The Kier molecular flexibility index (Phi) is 4.21. The summed E-state index contributed by atoms with van der Waals surface area (Å²) in [6.45, 7) is -0.173. The molecule has 2 aromatic rings. The first-order chi connectivity index (χ1) is 9.29. The summed E-state index contributed by atoms with van der Waals surface area (Å²) in [4.78, 5) is 11.8. The maximum absolute atomic E-state index is 11.8. The number of nitrogens with zero attached hydrogens (tertiary/aromatic N) is 2. The van der Waals surface area contributed by atoms with E-state index in [1.165, 1.54) is 12.4 Å². The van der Waals surface area contributed by atoms with Crippen LogP contribution in [0.4, 0.5) is 5.69 Å². The Labute approximate surface area is 110 Å². The van der Waals surface area contributed by atoms with Gasteiger partial charge in [0, 0.05) is 11.3 Å². The van der Waals surface area contributed by atoms with E-state index in [0.29, 0.717) is 11.3 Å². The number of aromatic nitrogens is 2. The van der Waals surface area contributed by atoms with Crippen molar-refractivity contribution in [3.8, 4) is 11.8 Å². The molecule has 0 spiro atoms. The Morgan fingerprint density at radius 2 is 2.00 bits per heavy atom. The average molecular weight is 253 g/mol. The normalized spacial score (nSPS) is 9.32. The largest absolute Gasteiger partial charge is 0.384 e. The zero-order chi connectivity index (χ0) is 13.5. The molecule has 19 heavy (non-hydrogen) atoms. The van der Waals surface area contributed by atoms with E-state index in [2.05, 4.69) is 27.4 Å². The Morgan fingerprint density at radius 1 is 1.21 bits per heavy atom. The van der Waals surface area contributed by atoms with Crippen molar-refractivity contribution in [3.05, 3.63) is 53.9 Å². The number of benzene rings is 1. The number of anilines is 1.